The second-order valence-electron chi connectivity index (χ2n) is 10.8. The highest BCUT2D eigenvalue weighted by Crippen LogP contribution is 2.28. The molecule has 1 saturated carbocycles. The Hall–Kier alpha value is -3.02. The molecule has 1 aliphatic carbocycles. The number of amides is 2. The minimum atomic E-state index is -4.15. The van der Waals surface area contributed by atoms with E-state index < -0.39 is 28.5 Å². The molecule has 0 heterocycles. The topological polar surface area (TPSA) is 96.0 Å². The van der Waals surface area contributed by atoms with Crippen molar-refractivity contribution in [2.24, 2.45) is 0 Å². The molecule has 0 aliphatic heterocycles. The molecule has 0 aromatic heterocycles. The number of hydrogen-bond acceptors (Lipinski definition) is 6. The summed E-state index contributed by atoms with van der Waals surface area (Å²) in [4.78, 5) is 30.1. The zero-order chi connectivity index (χ0) is 31.7. The Balaban J connectivity index is 1.68. The summed E-state index contributed by atoms with van der Waals surface area (Å²) in [5.74, 6) is -0.142. The van der Waals surface area contributed by atoms with Gasteiger partial charge in [0.05, 0.1) is 17.2 Å². The Morgan fingerprint density at radius 1 is 0.977 bits per heavy atom. The maximum absolute atomic E-state index is 14.2. The molecule has 4 rings (SSSR count). The Kier molecular flexibility index (Phi) is 12.2. The number of nitrogens with one attached hydrogen (secondary N) is 1. The monoisotopic (exact) mass is 701 g/mol. The van der Waals surface area contributed by atoms with Crippen molar-refractivity contribution in [3.05, 3.63) is 82.8 Å². The Morgan fingerprint density at radius 2 is 1.61 bits per heavy atom. The Bertz CT molecular complexity index is 1490. The fourth-order valence-electron chi connectivity index (χ4n) is 5.22. The van der Waals surface area contributed by atoms with Crippen LogP contribution in [0.15, 0.2) is 87.1 Å². The molecule has 0 unspecified atom stereocenters. The quantitative estimate of drug-likeness (QED) is 0.201. The second-order valence-corrected chi connectivity index (χ2v) is 14.4. The number of nitrogens with zero attached hydrogens (tertiary/aromatic N) is 2. The molecular formula is C33H40BrN3O5S2. The van der Waals surface area contributed by atoms with Gasteiger partial charge in [-0.15, -0.1) is 11.8 Å². The van der Waals surface area contributed by atoms with Crippen LogP contribution >= 0.6 is 27.7 Å². The average Bonchev–Trinajstić information content (AvgIpc) is 3.04. The third-order valence-corrected chi connectivity index (χ3v) is 10.8. The summed E-state index contributed by atoms with van der Waals surface area (Å²) >= 11 is 4.96. The minimum Gasteiger partial charge on any atom is -0.494 e. The van der Waals surface area contributed by atoms with Crippen LogP contribution in [0.2, 0.25) is 0 Å². The summed E-state index contributed by atoms with van der Waals surface area (Å²) in [6.45, 7) is 3.69. The van der Waals surface area contributed by atoms with Gasteiger partial charge in [-0.25, -0.2) is 8.42 Å². The summed E-state index contributed by atoms with van der Waals surface area (Å²) < 4.78 is 35.8. The Morgan fingerprint density at radius 3 is 2.20 bits per heavy atom. The molecule has 11 heteroatoms. The van der Waals surface area contributed by atoms with Gasteiger partial charge in [-0.3, -0.25) is 13.9 Å². The molecule has 8 nitrogen and oxygen atoms in total. The van der Waals surface area contributed by atoms with Gasteiger partial charge in [-0.05, 0) is 99.2 Å². The number of ether oxygens (including phenoxy) is 1. The first-order chi connectivity index (χ1) is 21.1. The lowest BCUT2D eigenvalue weighted by Crippen LogP contribution is -2.53. The predicted molar refractivity (Wildman–Crippen MR) is 180 cm³/mol. The van der Waals surface area contributed by atoms with E-state index in [-0.39, 0.29) is 23.4 Å². The normalized spacial score (nSPS) is 14.5. The van der Waals surface area contributed by atoms with E-state index >= 15 is 0 Å². The van der Waals surface area contributed by atoms with Crippen molar-refractivity contribution in [2.45, 2.75) is 74.4 Å². The van der Waals surface area contributed by atoms with Crippen molar-refractivity contribution in [2.75, 3.05) is 23.7 Å². The molecule has 44 heavy (non-hydrogen) atoms. The van der Waals surface area contributed by atoms with Crippen molar-refractivity contribution in [1.82, 2.24) is 10.2 Å². The highest BCUT2D eigenvalue weighted by molar-refractivity contribution is 9.10. The van der Waals surface area contributed by atoms with Crippen molar-refractivity contribution in [1.29, 1.82) is 0 Å². The molecule has 0 spiro atoms. The largest absolute Gasteiger partial charge is 0.494 e. The van der Waals surface area contributed by atoms with E-state index in [1.165, 1.54) is 16.7 Å². The van der Waals surface area contributed by atoms with Crippen molar-refractivity contribution >= 4 is 55.2 Å². The second kappa shape index (κ2) is 15.8. The SMILES string of the molecule is CCOc1ccc(N(CC(=O)N(Cc2ccc(Br)cc2)[C@@H](C)C(=O)NC2CCCCC2)S(=O)(=O)c2ccc(SC)cc2)cc1. The number of halogens is 1. The molecule has 0 saturated heterocycles. The van der Waals surface area contributed by atoms with Gasteiger partial charge in [0, 0.05) is 22.0 Å². The van der Waals surface area contributed by atoms with Crippen LogP contribution in [-0.4, -0.2) is 56.6 Å². The fourth-order valence-corrected chi connectivity index (χ4v) is 7.30. The molecule has 1 aliphatic rings. The van der Waals surface area contributed by atoms with Gasteiger partial charge in [0.2, 0.25) is 11.8 Å². The van der Waals surface area contributed by atoms with Crippen LogP contribution in [0.4, 0.5) is 5.69 Å². The number of carbonyl (C=O) groups is 2. The Labute approximate surface area is 273 Å². The van der Waals surface area contributed by atoms with Gasteiger partial charge in [-0.1, -0.05) is 47.3 Å². The van der Waals surface area contributed by atoms with Crippen LogP contribution in [0.3, 0.4) is 0 Å². The highest BCUT2D eigenvalue weighted by Gasteiger charge is 2.33. The van der Waals surface area contributed by atoms with E-state index in [9.17, 15) is 18.0 Å². The smallest absolute Gasteiger partial charge is 0.264 e. The van der Waals surface area contributed by atoms with Crippen molar-refractivity contribution in [3.8, 4) is 5.75 Å². The number of rotatable bonds is 13. The molecule has 3 aromatic carbocycles. The number of benzene rings is 3. The van der Waals surface area contributed by atoms with Crippen LogP contribution in [0.25, 0.3) is 0 Å². The molecule has 3 aromatic rings. The first kappa shape index (κ1) is 33.9. The number of carbonyl (C=O) groups excluding carboxylic acids is 2. The number of hydrogen-bond donors (Lipinski definition) is 1. The molecule has 2 amide bonds. The summed E-state index contributed by atoms with van der Waals surface area (Å²) in [6, 6.07) is 20.0. The summed E-state index contributed by atoms with van der Waals surface area (Å²) in [5, 5.41) is 3.13. The maximum Gasteiger partial charge on any atom is 0.264 e. The zero-order valence-corrected chi connectivity index (χ0v) is 28.6. The molecule has 0 bridgehead atoms. The van der Waals surface area contributed by atoms with Crippen LogP contribution in [0, 0.1) is 0 Å². The highest BCUT2D eigenvalue weighted by atomic mass is 79.9. The van der Waals surface area contributed by atoms with E-state index in [1.54, 1.807) is 55.5 Å². The standard InChI is InChI=1S/C33H40BrN3O5S2/c1-4-42-29-16-14-28(15-17-29)37(44(40,41)31-20-18-30(43-3)19-21-31)23-32(38)36(22-25-10-12-26(34)13-11-25)24(2)33(39)35-27-8-6-5-7-9-27/h10-21,24,27H,4-9,22-23H2,1-3H3,(H,35,39)/t24-/m0/s1. The van der Waals surface area contributed by atoms with Crippen LogP contribution in [0.1, 0.15) is 51.5 Å². The van der Waals surface area contributed by atoms with Gasteiger partial charge in [0.25, 0.3) is 10.0 Å². The number of anilines is 1. The number of sulfonamides is 1. The maximum atomic E-state index is 14.2. The van der Waals surface area contributed by atoms with Gasteiger partial charge in [-0.2, -0.15) is 0 Å². The molecule has 1 atom stereocenters. The van der Waals surface area contributed by atoms with E-state index in [0.29, 0.717) is 18.0 Å². The van der Waals surface area contributed by atoms with Gasteiger partial charge in [0.15, 0.2) is 0 Å². The summed E-state index contributed by atoms with van der Waals surface area (Å²) in [5.41, 5.74) is 1.14. The summed E-state index contributed by atoms with van der Waals surface area (Å²) in [7, 11) is -4.15. The predicted octanol–water partition coefficient (Wildman–Crippen LogP) is 6.63. The molecule has 0 radical (unpaired) electrons. The van der Waals surface area contributed by atoms with Gasteiger partial charge < -0.3 is 15.0 Å². The first-order valence-corrected chi connectivity index (χ1v) is 18.3. The molecule has 236 valence electrons. The lowest BCUT2D eigenvalue weighted by atomic mass is 9.95. The van der Waals surface area contributed by atoms with Crippen molar-refractivity contribution < 1.29 is 22.7 Å². The third kappa shape index (κ3) is 8.79. The fraction of sp³-hybridized carbons (Fsp3) is 0.394. The molecular weight excluding hydrogens is 662 g/mol. The third-order valence-electron chi connectivity index (χ3n) is 7.75. The average molecular weight is 703 g/mol. The lowest BCUT2D eigenvalue weighted by molar-refractivity contribution is -0.139. The van der Waals surface area contributed by atoms with Crippen LogP contribution in [-0.2, 0) is 26.2 Å². The van der Waals surface area contributed by atoms with Crippen molar-refractivity contribution in [3.63, 3.8) is 0 Å². The first-order valence-electron chi connectivity index (χ1n) is 14.9. The van der Waals surface area contributed by atoms with E-state index in [0.717, 1.165) is 51.3 Å². The van der Waals surface area contributed by atoms with E-state index in [2.05, 4.69) is 21.2 Å². The van der Waals surface area contributed by atoms with Gasteiger partial charge in [0.1, 0.15) is 18.3 Å². The number of thioether (sulfide) groups is 1. The van der Waals surface area contributed by atoms with Crippen LogP contribution < -0.4 is 14.4 Å². The molecule has 1 fully saturated rings. The lowest BCUT2D eigenvalue weighted by Gasteiger charge is -2.33. The molecule has 1 N–H and O–H groups in total. The van der Waals surface area contributed by atoms with Gasteiger partial charge >= 0.3 is 0 Å². The van der Waals surface area contributed by atoms with E-state index in [1.807, 2.05) is 37.4 Å². The van der Waals surface area contributed by atoms with Crippen LogP contribution in [0.5, 0.6) is 5.75 Å². The zero-order valence-electron chi connectivity index (χ0n) is 25.4. The van der Waals surface area contributed by atoms with E-state index in [4.69, 9.17) is 4.74 Å². The summed E-state index contributed by atoms with van der Waals surface area (Å²) in [6.07, 6.45) is 7.03. The minimum absolute atomic E-state index is 0.0690.